The number of amides is 1. The first-order valence-corrected chi connectivity index (χ1v) is 10.6. The molecule has 32 heavy (non-hydrogen) atoms. The summed E-state index contributed by atoms with van der Waals surface area (Å²) in [5, 5.41) is 10.7. The number of nitrogens with zero attached hydrogens (tertiary/aromatic N) is 3. The Labute approximate surface area is 187 Å². The standard InChI is InChI=1S/C22H32FN5O4/c1-13(19(25)31-12-22(3,4)23)10-17(24)14(2)27-11-16-15(20(27)30)6-7-26-18(16)21-28(32-21)8-5-9-29/h6-7,10,14,21,29H,5,8-9,11-12,24-25H2,1-4H3/b17-10-,19-13+. The fraction of sp³-hybridized carbons (Fsp3) is 0.545. The van der Waals surface area contributed by atoms with Crippen molar-refractivity contribution >= 4 is 5.91 Å². The fourth-order valence-corrected chi connectivity index (χ4v) is 3.47. The van der Waals surface area contributed by atoms with E-state index in [4.69, 9.17) is 26.1 Å². The van der Waals surface area contributed by atoms with Crippen molar-refractivity contribution in [3.63, 3.8) is 0 Å². The van der Waals surface area contributed by atoms with Crippen LogP contribution in [-0.4, -0.2) is 57.4 Å². The molecule has 5 N–H and O–H groups in total. The highest BCUT2D eigenvalue weighted by atomic mass is 19.1. The van der Waals surface area contributed by atoms with Gasteiger partial charge >= 0.3 is 0 Å². The van der Waals surface area contributed by atoms with Crippen molar-refractivity contribution in [2.24, 2.45) is 11.5 Å². The van der Waals surface area contributed by atoms with Gasteiger partial charge in [0.05, 0.1) is 11.7 Å². The van der Waals surface area contributed by atoms with Crippen LogP contribution in [0.4, 0.5) is 4.39 Å². The first-order valence-electron chi connectivity index (χ1n) is 10.6. The van der Waals surface area contributed by atoms with E-state index in [1.807, 2.05) is 6.92 Å². The van der Waals surface area contributed by atoms with Gasteiger partial charge in [-0.15, -0.1) is 0 Å². The Bertz CT molecular complexity index is 927. The van der Waals surface area contributed by atoms with Crippen molar-refractivity contribution < 1.29 is 23.9 Å². The number of hydroxylamine groups is 2. The number of carbonyl (C=O) groups excluding carboxylic acids is 1. The summed E-state index contributed by atoms with van der Waals surface area (Å²) in [7, 11) is 0. The molecule has 0 radical (unpaired) electrons. The van der Waals surface area contributed by atoms with Gasteiger partial charge in [0, 0.05) is 48.3 Å². The van der Waals surface area contributed by atoms with E-state index in [0.29, 0.717) is 42.0 Å². The molecule has 0 spiro atoms. The average molecular weight is 450 g/mol. The van der Waals surface area contributed by atoms with Gasteiger partial charge in [-0.25, -0.2) is 4.39 Å². The molecule has 0 saturated carbocycles. The van der Waals surface area contributed by atoms with Crippen LogP contribution >= 0.6 is 0 Å². The Morgan fingerprint density at radius 3 is 2.88 bits per heavy atom. The Hall–Kier alpha value is -2.69. The number of fused-ring (bicyclic) bond motifs is 1. The summed E-state index contributed by atoms with van der Waals surface area (Å²) in [5.74, 6) is -0.0534. The minimum absolute atomic E-state index is 0.0806. The summed E-state index contributed by atoms with van der Waals surface area (Å²) < 4.78 is 18.9. The number of aliphatic hydroxyl groups excluding tert-OH is 1. The number of hydrogen-bond donors (Lipinski definition) is 3. The highest BCUT2D eigenvalue weighted by molar-refractivity contribution is 5.99. The summed E-state index contributed by atoms with van der Waals surface area (Å²) in [4.78, 5) is 24.7. The summed E-state index contributed by atoms with van der Waals surface area (Å²) in [6.45, 7) is 7.20. The Morgan fingerprint density at radius 2 is 2.22 bits per heavy atom. The second-order valence-corrected chi connectivity index (χ2v) is 8.71. The monoisotopic (exact) mass is 449 g/mol. The number of pyridine rings is 1. The van der Waals surface area contributed by atoms with Crippen molar-refractivity contribution in [1.29, 1.82) is 0 Å². The Balaban J connectivity index is 1.72. The van der Waals surface area contributed by atoms with Crippen LogP contribution in [0.25, 0.3) is 0 Å². The molecular weight excluding hydrogens is 417 g/mol. The van der Waals surface area contributed by atoms with Crippen LogP contribution in [0.3, 0.4) is 0 Å². The molecule has 2 aliphatic rings. The number of aliphatic hydroxyl groups is 1. The van der Waals surface area contributed by atoms with Crippen LogP contribution in [0, 0.1) is 0 Å². The van der Waals surface area contributed by atoms with Crippen molar-refractivity contribution in [2.75, 3.05) is 19.8 Å². The van der Waals surface area contributed by atoms with Crippen molar-refractivity contribution in [1.82, 2.24) is 14.9 Å². The maximum atomic E-state index is 13.6. The largest absolute Gasteiger partial charge is 0.476 e. The molecular formula is C22H32FN5O4. The third-order valence-corrected chi connectivity index (χ3v) is 5.42. The van der Waals surface area contributed by atoms with Gasteiger partial charge < -0.3 is 26.2 Å². The first-order chi connectivity index (χ1) is 15.0. The topological polar surface area (TPSA) is 130 Å². The quantitative estimate of drug-likeness (QED) is 0.280. The van der Waals surface area contributed by atoms with E-state index in [1.165, 1.54) is 13.8 Å². The zero-order valence-corrected chi connectivity index (χ0v) is 19.0. The van der Waals surface area contributed by atoms with Gasteiger partial charge in [0.1, 0.15) is 12.3 Å². The molecule has 176 valence electrons. The molecule has 1 fully saturated rings. The SMILES string of the molecule is CC(/C=C(\N)C(C)N1Cc2c(ccnc2C2ON2CCCO)C1=O)=C(/N)OCC(C)(C)F. The number of rotatable bonds is 10. The van der Waals surface area contributed by atoms with E-state index in [2.05, 4.69) is 4.98 Å². The van der Waals surface area contributed by atoms with Crippen molar-refractivity contribution in [3.8, 4) is 0 Å². The lowest BCUT2D eigenvalue weighted by Crippen LogP contribution is -2.37. The van der Waals surface area contributed by atoms with Gasteiger partial charge in [0.25, 0.3) is 5.91 Å². The molecule has 10 heteroatoms. The van der Waals surface area contributed by atoms with E-state index in [1.54, 1.807) is 35.2 Å². The van der Waals surface area contributed by atoms with Crippen LogP contribution in [0.15, 0.2) is 35.5 Å². The van der Waals surface area contributed by atoms with Crippen LogP contribution in [0.1, 0.15) is 62.0 Å². The number of alkyl halides is 1. The lowest BCUT2D eigenvalue weighted by molar-refractivity contribution is 0.0733. The van der Waals surface area contributed by atoms with E-state index in [-0.39, 0.29) is 31.2 Å². The average Bonchev–Trinajstić information content (AvgIpc) is 3.43. The normalized spacial score (nSPS) is 22.5. The van der Waals surface area contributed by atoms with Crippen LogP contribution in [0.2, 0.25) is 0 Å². The van der Waals surface area contributed by atoms with Gasteiger partial charge in [-0.05, 0) is 46.3 Å². The lowest BCUT2D eigenvalue weighted by atomic mass is 10.1. The molecule has 0 aliphatic carbocycles. The van der Waals surface area contributed by atoms with Crippen molar-refractivity contribution in [3.05, 3.63) is 52.3 Å². The number of halogens is 1. The summed E-state index contributed by atoms with van der Waals surface area (Å²) in [6.07, 6.45) is 3.52. The molecule has 2 aliphatic heterocycles. The second kappa shape index (κ2) is 9.43. The zero-order chi connectivity index (χ0) is 23.6. The third-order valence-electron chi connectivity index (χ3n) is 5.42. The highest BCUT2D eigenvalue weighted by Gasteiger charge is 2.43. The number of nitrogens with two attached hydrogens (primary N) is 2. The predicted octanol–water partition coefficient (Wildman–Crippen LogP) is 1.85. The summed E-state index contributed by atoms with van der Waals surface area (Å²) >= 11 is 0. The third kappa shape index (κ3) is 5.37. The lowest BCUT2D eigenvalue weighted by Gasteiger charge is -2.25. The highest BCUT2D eigenvalue weighted by Crippen LogP contribution is 2.40. The molecule has 3 rings (SSSR count). The molecule has 3 heterocycles. The molecule has 9 nitrogen and oxygen atoms in total. The number of hydrogen-bond acceptors (Lipinski definition) is 8. The Morgan fingerprint density at radius 1 is 1.50 bits per heavy atom. The molecule has 1 aromatic heterocycles. The maximum absolute atomic E-state index is 13.6. The second-order valence-electron chi connectivity index (χ2n) is 8.71. The van der Waals surface area contributed by atoms with E-state index in [9.17, 15) is 9.18 Å². The van der Waals surface area contributed by atoms with Crippen molar-refractivity contribution in [2.45, 2.75) is 58.6 Å². The minimum Gasteiger partial charge on any atom is -0.476 e. The van der Waals surface area contributed by atoms with Gasteiger partial charge in [-0.1, -0.05) is 0 Å². The molecule has 3 unspecified atom stereocenters. The molecule has 3 atom stereocenters. The van der Waals surface area contributed by atoms with Gasteiger partial charge in [-0.2, -0.15) is 5.06 Å². The van der Waals surface area contributed by atoms with E-state index >= 15 is 0 Å². The number of ether oxygens (including phenoxy) is 1. The smallest absolute Gasteiger partial charge is 0.255 e. The maximum Gasteiger partial charge on any atom is 0.255 e. The van der Waals surface area contributed by atoms with Gasteiger partial charge in [-0.3, -0.25) is 14.6 Å². The summed E-state index contributed by atoms with van der Waals surface area (Å²) in [5.41, 5.74) is 13.7. The zero-order valence-electron chi connectivity index (χ0n) is 19.0. The molecule has 0 bridgehead atoms. The minimum atomic E-state index is -1.51. The Kier molecular flexibility index (Phi) is 7.06. The summed E-state index contributed by atoms with van der Waals surface area (Å²) in [6, 6.07) is 1.29. The number of carbonyl (C=O) groups is 1. The van der Waals surface area contributed by atoms with E-state index < -0.39 is 11.7 Å². The van der Waals surface area contributed by atoms with E-state index in [0.717, 1.165) is 5.56 Å². The van der Waals surface area contributed by atoms with Gasteiger partial charge in [0.15, 0.2) is 12.1 Å². The molecule has 1 aromatic rings. The fourth-order valence-electron chi connectivity index (χ4n) is 3.47. The molecule has 1 amide bonds. The number of allylic oxidation sites excluding steroid dienone is 2. The van der Waals surface area contributed by atoms with Gasteiger partial charge in [0.2, 0.25) is 0 Å². The van der Waals surface area contributed by atoms with Crippen LogP contribution < -0.4 is 11.5 Å². The van der Waals surface area contributed by atoms with Crippen LogP contribution in [-0.2, 0) is 16.1 Å². The molecule has 0 aromatic carbocycles. The van der Waals surface area contributed by atoms with Crippen LogP contribution in [0.5, 0.6) is 0 Å². The number of aromatic nitrogens is 1. The first kappa shape index (κ1) is 24.0. The predicted molar refractivity (Wildman–Crippen MR) is 116 cm³/mol. The molecule has 1 saturated heterocycles.